The number of fused-ring (bicyclic) bond motifs is 1. The molecule has 0 saturated heterocycles. The van der Waals surface area contributed by atoms with Crippen LogP contribution in [0.2, 0.25) is 0 Å². The molecular formula is C17H18N2OS. The first-order valence-corrected chi connectivity index (χ1v) is 7.92. The van der Waals surface area contributed by atoms with Crippen LogP contribution in [0.3, 0.4) is 0 Å². The normalized spacial score (nSPS) is 11.0. The molecule has 0 aliphatic rings. The lowest BCUT2D eigenvalue weighted by Crippen LogP contribution is -2.25. The fourth-order valence-electron chi connectivity index (χ4n) is 2.48. The summed E-state index contributed by atoms with van der Waals surface area (Å²) in [5.41, 5.74) is 4.27. The van der Waals surface area contributed by atoms with Gasteiger partial charge < -0.3 is 10.3 Å². The van der Waals surface area contributed by atoms with Crippen molar-refractivity contribution < 1.29 is 4.79 Å². The summed E-state index contributed by atoms with van der Waals surface area (Å²) in [6.45, 7) is 4.69. The molecule has 0 aliphatic heterocycles. The fraction of sp³-hybridized carbons (Fsp3) is 0.235. The van der Waals surface area contributed by atoms with Crippen LogP contribution < -0.4 is 5.32 Å². The van der Waals surface area contributed by atoms with E-state index in [9.17, 15) is 4.79 Å². The second-order valence-electron chi connectivity index (χ2n) is 5.20. The topological polar surface area (TPSA) is 44.9 Å². The van der Waals surface area contributed by atoms with Crippen LogP contribution in [0, 0.1) is 13.8 Å². The van der Waals surface area contributed by atoms with Gasteiger partial charge in [0.2, 0.25) is 0 Å². The van der Waals surface area contributed by atoms with Crippen molar-refractivity contribution in [1.82, 2.24) is 10.3 Å². The lowest BCUT2D eigenvalue weighted by atomic mass is 10.1. The molecule has 3 aromatic rings. The van der Waals surface area contributed by atoms with Crippen LogP contribution in [-0.4, -0.2) is 17.4 Å². The van der Waals surface area contributed by atoms with E-state index in [-0.39, 0.29) is 5.91 Å². The summed E-state index contributed by atoms with van der Waals surface area (Å²) in [5, 5.41) is 6.18. The number of H-pyrrole nitrogens is 1. The highest BCUT2D eigenvalue weighted by atomic mass is 32.1. The third-order valence-corrected chi connectivity index (χ3v) is 4.90. The van der Waals surface area contributed by atoms with Crippen LogP contribution >= 0.6 is 11.3 Å². The average Bonchev–Trinajstić information content (AvgIpc) is 3.04. The Morgan fingerprint density at radius 3 is 2.86 bits per heavy atom. The van der Waals surface area contributed by atoms with Gasteiger partial charge in [0.25, 0.3) is 5.91 Å². The number of aromatic amines is 1. The predicted molar refractivity (Wildman–Crippen MR) is 88.1 cm³/mol. The maximum atomic E-state index is 12.2. The molecule has 2 heterocycles. The lowest BCUT2D eigenvalue weighted by molar-refractivity contribution is 0.0954. The number of aromatic nitrogens is 1. The molecule has 2 aromatic heterocycles. The molecule has 0 bridgehead atoms. The number of carbonyl (C=O) groups is 1. The maximum absolute atomic E-state index is 12.2. The Hall–Kier alpha value is -2.07. The van der Waals surface area contributed by atoms with E-state index in [1.807, 2.05) is 37.6 Å². The fourth-order valence-corrected chi connectivity index (χ4v) is 3.35. The second kappa shape index (κ2) is 5.74. The summed E-state index contributed by atoms with van der Waals surface area (Å²) in [6.07, 6.45) is 2.86. The molecule has 108 valence electrons. The SMILES string of the molecule is Cc1scc(C(=O)NCCc2c[nH]c3ccccc23)c1C. The average molecular weight is 298 g/mol. The van der Waals surface area contributed by atoms with Crippen molar-refractivity contribution in [2.75, 3.05) is 6.54 Å². The number of rotatable bonds is 4. The van der Waals surface area contributed by atoms with Crippen molar-refractivity contribution in [3.63, 3.8) is 0 Å². The smallest absolute Gasteiger partial charge is 0.252 e. The van der Waals surface area contributed by atoms with Gasteiger partial charge in [0.15, 0.2) is 0 Å². The van der Waals surface area contributed by atoms with Crippen molar-refractivity contribution >= 4 is 28.1 Å². The highest BCUT2D eigenvalue weighted by Crippen LogP contribution is 2.20. The van der Waals surface area contributed by atoms with Crippen LogP contribution in [0.5, 0.6) is 0 Å². The quantitative estimate of drug-likeness (QED) is 0.755. The number of carbonyl (C=O) groups excluding carboxylic acids is 1. The summed E-state index contributed by atoms with van der Waals surface area (Å²) >= 11 is 1.63. The number of para-hydroxylation sites is 1. The molecule has 0 unspecified atom stereocenters. The van der Waals surface area contributed by atoms with Crippen molar-refractivity contribution in [3.8, 4) is 0 Å². The lowest BCUT2D eigenvalue weighted by Gasteiger charge is -2.04. The molecule has 0 atom stereocenters. The predicted octanol–water partition coefficient (Wildman–Crippen LogP) is 3.82. The minimum atomic E-state index is 0.0247. The molecular weight excluding hydrogens is 280 g/mol. The first-order chi connectivity index (χ1) is 10.2. The molecule has 3 rings (SSSR count). The molecule has 1 aromatic carbocycles. The van der Waals surface area contributed by atoms with E-state index in [0.717, 1.165) is 23.1 Å². The van der Waals surface area contributed by atoms with Crippen LogP contribution in [0.25, 0.3) is 10.9 Å². The third-order valence-electron chi connectivity index (χ3n) is 3.89. The Morgan fingerprint density at radius 1 is 1.29 bits per heavy atom. The summed E-state index contributed by atoms with van der Waals surface area (Å²) in [4.78, 5) is 16.6. The van der Waals surface area contributed by atoms with Gasteiger partial charge in [0, 0.05) is 33.9 Å². The zero-order chi connectivity index (χ0) is 14.8. The van der Waals surface area contributed by atoms with Gasteiger partial charge >= 0.3 is 0 Å². The molecule has 2 N–H and O–H groups in total. The Labute approximate surface area is 128 Å². The number of hydrogen-bond donors (Lipinski definition) is 2. The van der Waals surface area contributed by atoms with E-state index in [4.69, 9.17) is 0 Å². The Bertz CT molecular complexity index is 785. The van der Waals surface area contributed by atoms with E-state index in [1.54, 1.807) is 11.3 Å². The molecule has 0 fully saturated rings. The number of benzene rings is 1. The van der Waals surface area contributed by atoms with Crippen molar-refractivity contribution in [2.24, 2.45) is 0 Å². The minimum absolute atomic E-state index is 0.0247. The number of aryl methyl sites for hydroxylation is 1. The van der Waals surface area contributed by atoms with Crippen LogP contribution in [0.1, 0.15) is 26.4 Å². The van der Waals surface area contributed by atoms with Gasteiger partial charge in [-0.2, -0.15) is 0 Å². The van der Waals surface area contributed by atoms with Gasteiger partial charge in [0.05, 0.1) is 5.56 Å². The summed E-state index contributed by atoms with van der Waals surface area (Å²) in [6, 6.07) is 8.23. The number of hydrogen-bond acceptors (Lipinski definition) is 2. The van der Waals surface area contributed by atoms with Crippen LogP contribution in [0.15, 0.2) is 35.8 Å². The summed E-state index contributed by atoms with van der Waals surface area (Å²) in [5.74, 6) is 0.0247. The third kappa shape index (κ3) is 2.72. The first-order valence-electron chi connectivity index (χ1n) is 7.04. The summed E-state index contributed by atoms with van der Waals surface area (Å²) < 4.78 is 0. The Kier molecular flexibility index (Phi) is 3.80. The van der Waals surface area contributed by atoms with E-state index in [0.29, 0.717) is 6.54 Å². The van der Waals surface area contributed by atoms with E-state index >= 15 is 0 Å². The molecule has 3 nitrogen and oxygen atoms in total. The largest absolute Gasteiger partial charge is 0.361 e. The van der Waals surface area contributed by atoms with Gasteiger partial charge in [-0.15, -0.1) is 11.3 Å². The van der Waals surface area contributed by atoms with E-state index < -0.39 is 0 Å². The number of nitrogens with one attached hydrogen (secondary N) is 2. The number of thiophene rings is 1. The first kappa shape index (κ1) is 13.9. The molecule has 0 saturated carbocycles. The standard InChI is InChI=1S/C17H18N2OS/c1-11-12(2)21-10-15(11)17(20)18-8-7-13-9-19-16-6-4-3-5-14(13)16/h3-6,9-10,19H,7-8H2,1-2H3,(H,18,20). The summed E-state index contributed by atoms with van der Waals surface area (Å²) in [7, 11) is 0. The van der Waals surface area contributed by atoms with Crippen LogP contribution in [-0.2, 0) is 6.42 Å². The monoisotopic (exact) mass is 298 g/mol. The Morgan fingerprint density at radius 2 is 2.10 bits per heavy atom. The van der Waals surface area contributed by atoms with E-state index in [1.165, 1.54) is 15.8 Å². The van der Waals surface area contributed by atoms with E-state index in [2.05, 4.69) is 22.4 Å². The van der Waals surface area contributed by atoms with Crippen molar-refractivity contribution in [3.05, 3.63) is 57.4 Å². The molecule has 0 spiro atoms. The zero-order valence-corrected chi connectivity index (χ0v) is 13.0. The van der Waals surface area contributed by atoms with Crippen molar-refractivity contribution in [2.45, 2.75) is 20.3 Å². The second-order valence-corrected chi connectivity index (χ2v) is 6.28. The molecule has 0 aliphatic carbocycles. The Balaban J connectivity index is 1.64. The highest BCUT2D eigenvalue weighted by molar-refractivity contribution is 7.10. The molecule has 4 heteroatoms. The van der Waals surface area contributed by atoms with Crippen molar-refractivity contribution in [1.29, 1.82) is 0 Å². The molecule has 21 heavy (non-hydrogen) atoms. The highest BCUT2D eigenvalue weighted by Gasteiger charge is 2.12. The molecule has 0 radical (unpaired) electrons. The number of amides is 1. The van der Waals surface area contributed by atoms with Gasteiger partial charge in [-0.25, -0.2) is 0 Å². The van der Waals surface area contributed by atoms with Gasteiger partial charge in [-0.1, -0.05) is 18.2 Å². The van der Waals surface area contributed by atoms with Crippen LogP contribution in [0.4, 0.5) is 0 Å². The zero-order valence-electron chi connectivity index (χ0n) is 12.2. The van der Waals surface area contributed by atoms with Gasteiger partial charge in [0.1, 0.15) is 0 Å². The van der Waals surface area contributed by atoms with Gasteiger partial charge in [-0.3, -0.25) is 4.79 Å². The minimum Gasteiger partial charge on any atom is -0.361 e. The van der Waals surface area contributed by atoms with Gasteiger partial charge in [-0.05, 0) is 37.5 Å². The maximum Gasteiger partial charge on any atom is 0.252 e. The molecule has 1 amide bonds.